The van der Waals surface area contributed by atoms with Gasteiger partial charge in [0.1, 0.15) is 28.1 Å². The molecule has 0 atom stereocenters. The van der Waals surface area contributed by atoms with E-state index in [-0.39, 0.29) is 18.3 Å². The summed E-state index contributed by atoms with van der Waals surface area (Å²) in [7, 11) is 0. The zero-order chi connectivity index (χ0) is 23.5. The molecule has 0 radical (unpaired) electrons. The first-order valence-corrected chi connectivity index (χ1v) is 12.6. The summed E-state index contributed by atoms with van der Waals surface area (Å²) in [5, 5.41) is 4.25. The first-order valence-electron chi connectivity index (χ1n) is 10.9. The highest BCUT2D eigenvalue weighted by Crippen LogP contribution is 2.30. The first kappa shape index (κ1) is 22.6. The van der Waals surface area contributed by atoms with Gasteiger partial charge in [0, 0.05) is 30.9 Å². The Labute approximate surface area is 205 Å². The fourth-order valence-corrected chi connectivity index (χ4v) is 5.75. The third-order valence-electron chi connectivity index (χ3n) is 5.50. The predicted molar refractivity (Wildman–Crippen MR) is 132 cm³/mol. The van der Waals surface area contributed by atoms with Crippen LogP contribution in [0.5, 0.6) is 5.75 Å². The molecule has 34 heavy (non-hydrogen) atoms. The molecule has 1 aliphatic rings. The lowest BCUT2D eigenvalue weighted by atomic mass is 10.1. The highest BCUT2D eigenvalue weighted by Gasteiger charge is 2.23. The van der Waals surface area contributed by atoms with Gasteiger partial charge in [0.25, 0.3) is 5.91 Å². The monoisotopic (exact) mass is 494 g/mol. The average molecular weight is 495 g/mol. The van der Waals surface area contributed by atoms with Crippen molar-refractivity contribution < 1.29 is 13.9 Å². The fraction of sp³-hybridized carbons (Fsp3) is 0.240. The molecule has 0 aliphatic carbocycles. The van der Waals surface area contributed by atoms with Gasteiger partial charge in [-0.15, -0.1) is 22.7 Å². The number of aromatic nitrogens is 2. The van der Waals surface area contributed by atoms with E-state index in [0.717, 1.165) is 31.7 Å². The second-order valence-corrected chi connectivity index (χ2v) is 10.2. The van der Waals surface area contributed by atoms with Crippen molar-refractivity contribution in [3.8, 4) is 5.75 Å². The lowest BCUT2D eigenvalue weighted by molar-refractivity contribution is 0.102. The topological polar surface area (TPSA) is 67.3 Å². The number of carbonyl (C=O) groups excluding carboxylic acids is 1. The Balaban J connectivity index is 1.20. The molecule has 0 saturated heterocycles. The Bertz CT molecular complexity index is 1290. The minimum absolute atomic E-state index is 0.213. The Morgan fingerprint density at radius 2 is 1.91 bits per heavy atom. The van der Waals surface area contributed by atoms with Crippen LogP contribution in [0.1, 0.15) is 36.5 Å². The third kappa shape index (κ3) is 5.32. The molecule has 2 aromatic carbocycles. The van der Waals surface area contributed by atoms with Gasteiger partial charge in [-0.1, -0.05) is 30.3 Å². The molecule has 0 fully saturated rings. The van der Waals surface area contributed by atoms with Crippen molar-refractivity contribution in [1.82, 2.24) is 14.9 Å². The van der Waals surface area contributed by atoms with Gasteiger partial charge in [-0.25, -0.2) is 14.4 Å². The number of amides is 1. The molecule has 3 heterocycles. The summed E-state index contributed by atoms with van der Waals surface area (Å²) in [6, 6.07) is 16.3. The lowest BCUT2D eigenvalue weighted by Gasteiger charge is -2.25. The number of fused-ring (bicyclic) bond motifs is 1. The lowest BCUT2D eigenvalue weighted by Crippen LogP contribution is -2.29. The van der Waals surface area contributed by atoms with E-state index in [1.165, 1.54) is 45.2 Å². The van der Waals surface area contributed by atoms with E-state index < -0.39 is 0 Å². The minimum atomic E-state index is -0.316. The number of hydrogen-bond donors (Lipinski definition) is 1. The molecule has 0 spiro atoms. The number of thiazole rings is 2. The number of halogens is 1. The number of nitrogens with zero attached hydrogens (tertiary/aromatic N) is 3. The van der Waals surface area contributed by atoms with E-state index >= 15 is 0 Å². The van der Waals surface area contributed by atoms with E-state index in [9.17, 15) is 9.18 Å². The molecule has 1 aliphatic heterocycles. The van der Waals surface area contributed by atoms with Crippen molar-refractivity contribution in [1.29, 1.82) is 0 Å². The van der Waals surface area contributed by atoms with E-state index in [4.69, 9.17) is 4.74 Å². The van der Waals surface area contributed by atoms with Crippen LogP contribution in [0.4, 0.5) is 9.52 Å². The van der Waals surface area contributed by atoms with Gasteiger partial charge in [-0.3, -0.25) is 15.0 Å². The largest absolute Gasteiger partial charge is 0.486 e. The van der Waals surface area contributed by atoms with E-state index in [0.29, 0.717) is 26.5 Å². The van der Waals surface area contributed by atoms with Gasteiger partial charge in [0.05, 0.1) is 11.4 Å². The van der Waals surface area contributed by atoms with Crippen LogP contribution in [-0.4, -0.2) is 27.3 Å². The van der Waals surface area contributed by atoms with Crippen molar-refractivity contribution in [2.75, 3.05) is 11.9 Å². The molecule has 4 aromatic rings. The van der Waals surface area contributed by atoms with Gasteiger partial charge >= 0.3 is 0 Å². The number of benzene rings is 2. The smallest absolute Gasteiger partial charge is 0.269 e. The summed E-state index contributed by atoms with van der Waals surface area (Å²) in [5.74, 6) is 0.0226. The van der Waals surface area contributed by atoms with Crippen molar-refractivity contribution >= 4 is 33.7 Å². The highest BCUT2D eigenvalue weighted by molar-refractivity contribution is 7.16. The third-order valence-corrected chi connectivity index (χ3v) is 7.63. The predicted octanol–water partition coefficient (Wildman–Crippen LogP) is 5.44. The standard InChI is InChI=1S/C25H23FN4O2S2/c1-16-23(34-22(27-16)15-32-19-9-7-18(26)8-10-19)24(31)29-25-28-20-11-12-30(14-21(20)33-25)13-17-5-3-2-4-6-17/h2-10H,11-15H2,1H3,(H,28,29,31). The molecule has 2 aromatic heterocycles. The molecule has 1 amide bonds. The number of nitrogens with one attached hydrogen (secondary N) is 1. The van der Waals surface area contributed by atoms with Crippen molar-refractivity contribution in [2.24, 2.45) is 0 Å². The van der Waals surface area contributed by atoms with Crippen LogP contribution < -0.4 is 10.1 Å². The minimum Gasteiger partial charge on any atom is -0.486 e. The second-order valence-electron chi connectivity index (χ2n) is 8.05. The number of hydrogen-bond acceptors (Lipinski definition) is 7. The summed E-state index contributed by atoms with van der Waals surface area (Å²) >= 11 is 2.83. The SMILES string of the molecule is Cc1nc(COc2ccc(F)cc2)sc1C(=O)Nc1nc2c(s1)CN(Cc1ccccc1)CC2. The van der Waals surface area contributed by atoms with E-state index in [1.54, 1.807) is 19.1 Å². The molecule has 1 N–H and O–H groups in total. The second kappa shape index (κ2) is 10.0. The first-order chi connectivity index (χ1) is 16.5. The highest BCUT2D eigenvalue weighted by atomic mass is 32.1. The summed E-state index contributed by atoms with van der Waals surface area (Å²) in [5.41, 5.74) is 3.01. The Hall–Kier alpha value is -3.14. The van der Waals surface area contributed by atoms with E-state index in [2.05, 4.69) is 44.5 Å². The maximum Gasteiger partial charge on any atom is 0.269 e. The van der Waals surface area contributed by atoms with E-state index in [1.807, 2.05) is 6.07 Å². The Morgan fingerprint density at radius 1 is 1.12 bits per heavy atom. The summed E-state index contributed by atoms with van der Waals surface area (Å²) in [6.07, 6.45) is 0.874. The maximum atomic E-state index is 13.0. The molecule has 0 unspecified atom stereocenters. The van der Waals surface area contributed by atoms with Crippen LogP contribution in [0.3, 0.4) is 0 Å². The zero-order valence-electron chi connectivity index (χ0n) is 18.6. The Morgan fingerprint density at radius 3 is 2.71 bits per heavy atom. The van der Waals surface area contributed by atoms with Crippen LogP contribution in [0.25, 0.3) is 0 Å². The normalized spacial score (nSPS) is 13.5. The average Bonchev–Trinajstić information content (AvgIpc) is 3.41. The number of carbonyl (C=O) groups is 1. The molecule has 174 valence electrons. The quantitative estimate of drug-likeness (QED) is 0.371. The van der Waals surface area contributed by atoms with Crippen molar-refractivity contribution in [2.45, 2.75) is 33.0 Å². The molecule has 6 nitrogen and oxygen atoms in total. The number of anilines is 1. The summed E-state index contributed by atoms with van der Waals surface area (Å²) < 4.78 is 18.7. The van der Waals surface area contributed by atoms with Gasteiger partial charge < -0.3 is 4.74 Å². The molecule has 0 bridgehead atoms. The van der Waals surface area contributed by atoms with Gasteiger partial charge in [-0.2, -0.15) is 0 Å². The van der Waals surface area contributed by atoms with Crippen LogP contribution in [0.2, 0.25) is 0 Å². The summed E-state index contributed by atoms with van der Waals surface area (Å²) in [4.78, 5) is 26.2. The molecular weight excluding hydrogens is 471 g/mol. The number of aryl methyl sites for hydroxylation is 1. The fourth-order valence-electron chi connectivity index (χ4n) is 3.83. The maximum absolute atomic E-state index is 13.0. The van der Waals surface area contributed by atoms with Gasteiger partial charge in [0.15, 0.2) is 5.13 Å². The Kier molecular flexibility index (Phi) is 6.66. The number of ether oxygens (including phenoxy) is 1. The van der Waals surface area contributed by atoms with Crippen LogP contribution in [0, 0.1) is 12.7 Å². The summed E-state index contributed by atoms with van der Waals surface area (Å²) in [6.45, 7) is 4.71. The van der Waals surface area contributed by atoms with Crippen LogP contribution in [0.15, 0.2) is 54.6 Å². The van der Waals surface area contributed by atoms with Crippen LogP contribution in [-0.2, 0) is 26.1 Å². The van der Waals surface area contributed by atoms with Crippen molar-refractivity contribution in [3.05, 3.63) is 92.1 Å². The van der Waals surface area contributed by atoms with Gasteiger partial charge in [0.2, 0.25) is 0 Å². The number of rotatable bonds is 7. The van der Waals surface area contributed by atoms with Crippen molar-refractivity contribution in [3.63, 3.8) is 0 Å². The molecular formula is C25H23FN4O2S2. The molecule has 5 rings (SSSR count). The molecule has 9 heteroatoms. The molecule has 0 saturated carbocycles. The zero-order valence-corrected chi connectivity index (χ0v) is 20.2. The van der Waals surface area contributed by atoms with Gasteiger partial charge in [-0.05, 0) is 36.8 Å². The van der Waals surface area contributed by atoms with Crippen LogP contribution >= 0.6 is 22.7 Å².